The number of ether oxygens (including phenoxy) is 1. The van der Waals surface area contributed by atoms with Crippen LogP contribution in [0.1, 0.15) is 30.5 Å². The number of nitrogens with one attached hydrogen (secondary N) is 1. The van der Waals surface area contributed by atoms with E-state index in [9.17, 15) is 0 Å². The van der Waals surface area contributed by atoms with Crippen LogP contribution in [0.25, 0.3) is 11.1 Å². The molecule has 0 atom stereocenters. The molecule has 0 fully saturated rings. The first-order valence-electron chi connectivity index (χ1n) is 7.67. The first-order valence-corrected chi connectivity index (χ1v) is 7.67. The molecule has 0 aliphatic carbocycles. The van der Waals surface area contributed by atoms with Gasteiger partial charge in [0.2, 0.25) is 0 Å². The fourth-order valence-electron chi connectivity index (χ4n) is 2.77. The summed E-state index contributed by atoms with van der Waals surface area (Å²) in [5.41, 5.74) is 6.61. The van der Waals surface area contributed by atoms with Crippen LogP contribution < -0.4 is 10.1 Å². The molecule has 0 amide bonds. The summed E-state index contributed by atoms with van der Waals surface area (Å²) in [6.45, 7) is 5.25. The van der Waals surface area contributed by atoms with Crippen molar-refractivity contribution in [1.82, 2.24) is 5.32 Å². The largest absolute Gasteiger partial charge is 0.496 e. The van der Waals surface area contributed by atoms with Crippen molar-refractivity contribution in [2.45, 2.75) is 33.2 Å². The van der Waals surface area contributed by atoms with Gasteiger partial charge < -0.3 is 10.1 Å². The lowest BCUT2D eigenvalue weighted by Crippen LogP contribution is -2.06. The molecular weight excluding hydrogens is 258 g/mol. The van der Waals surface area contributed by atoms with Crippen molar-refractivity contribution in [3.8, 4) is 16.9 Å². The van der Waals surface area contributed by atoms with Crippen molar-refractivity contribution in [3.05, 3.63) is 53.1 Å². The van der Waals surface area contributed by atoms with Gasteiger partial charge in [0.25, 0.3) is 0 Å². The molecule has 0 unspecified atom stereocenters. The number of methoxy groups -OCH3 is 1. The van der Waals surface area contributed by atoms with E-state index in [4.69, 9.17) is 4.74 Å². The van der Waals surface area contributed by atoms with Crippen LogP contribution in [0.4, 0.5) is 0 Å². The van der Waals surface area contributed by atoms with Crippen LogP contribution in [0.5, 0.6) is 5.75 Å². The van der Waals surface area contributed by atoms with Crippen molar-refractivity contribution in [3.63, 3.8) is 0 Å². The molecule has 0 aromatic heterocycles. The SMILES string of the molecule is CCc1ccc(-c2ccc(OC)c(CNC)c2)cc1CC. The lowest BCUT2D eigenvalue weighted by atomic mass is 9.95. The fourth-order valence-corrected chi connectivity index (χ4v) is 2.77. The molecule has 0 heterocycles. The Hall–Kier alpha value is -1.80. The predicted octanol–water partition coefficient (Wildman–Crippen LogP) is 4.21. The average Bonchev–Trinajstić information content (AvgIpc) is 2.54. The minimum atomic E-state index is 0.810. The van der Waals surface area contributed by atoms with E-state index in [-0.39, 0.29) is 0 Å². The van der Waals surface area contributed by atoms with E-state index in [0.29, 0.717) is 0 Å². The molecule has 2 nitrogen and oxygen atoms in total. The van der Waals surface area contributed by atoms with Crippen LogP contribution in [0.2, 0.25) is 0 Å². The Labute approximate surface area is 128 Å². The third-order valence-electron chi connectivity index (χ3n) is 3.95. The van der Waals surface area contributed by atoms with Gasteiger partial charge in [0.1, 0.15) is 5.75 Å². The van der Waals surface area contributed by atoms with Gasteiger partial charge >= 0.3 is 0 Å². The molecule has 0 saturated carbocycles. The van der Waals surface area contributed by atoms with Gasteiger partial charge in [0.05, 0.1) is 7.11 Å². The van der Waals surface area contributed by atoms with Gasteiger partial charge in [-0.15, -0.1) is 0 Å². The molecule has 112 valence electrons. The highest BCUT2D eigenvalue weighted by Gasteiger charge is 2.07. The van der Waals surface area contributed by atoms with Gasteiger partial charge in [0.15, 0.2) is 0 Å². The maximum absolute atomic E-state index is 5.43. The van der Waals surface area contributed by atoms with Crippen molar-refractivity contribution < 1.29 is 4.74 Å². The van der Waals surface area contributed by atoms with Crippen LogP contribution in [0.15, 0.2) is 36.4 Å². The van der Waals surface area contributed by atoms with Gasteiger partial charge in [-0.3, -0.25) is 0 Å². The zero-order chi connectivity index (χ0) is 15.2. The number of benzene rings is 2. The molecule has 21 heavy (non-hydrogen) atoms. The maximum Gasteiger partial charge on any atom is 0.123 e. The highest BCUT2D eigenvalue weighted by molar-refractivity contribution is 5.67. The van der Waals surface area contributed by atoms with Gasteiger partial charge in [-0.1, -0.05) is 38.1 Å². The molecule has 2 aromatic carbocycles. The molecule has 0 radical (unpaired) electrons. The monoisotopic (exact) mass is 283 g/mol. The van der Waals surface area contributed by atoms with E-state index in [2.05, 4.69) is 55.6 Å². The molecule has 0 saturated heterocycles. The molecule has 2 aromatic rings. The maximum atomic E-state index is 5.43. The molecule has 2 heteroatoms. The Bertz CT molecular complexity index is 605. The summed E-state index contributed by atoms with van der Waals surface area (Å²) in [6, 6.07) is 13.2. The lowest BCUT2D eigenvalue weighted by molar-refractivity contribution is 0.408. The number of rotatable bonds is 6. The van der Waals surface area contributed by atoms with E-state index in [1.165, 1.54) is 27.8 Å². The molecule has 0 spiro atoms. The average molecular weight is 283 g/mol. The van der Waals surface area contributed by atoms with E-state index in [0.717, 1.165) is 25.1 Å². The molecule has 0 aliphatic rings. The topological polar surface area (TPSA) is 21.3 Å². The summed E-state index contributed by atoms with van der Waals surface area (Å²) in [7, 11) is 3.68. The summed E-state index contributed by atoms with van der Waals surface area (Å²) < 4.78 is 5.43. The minimum absolute atomic E-state index is 0.810. The Morgan fingerprint density at radius 2 is 1.48 bits per heavy atom. The van der Waals surface area contributed by atoms with Crippen molar-refractivity contribution in [1.29, 1.82) is 0 Å². The molecule has 0 aliphatic heterocycles. The summed E-state index contributed by atoms with van der Waals surface area (Å²) in [6.07, 6.45) is 2.17. The second kappa shape index (κ2) is 7.28. The summed E-state index contributed by atoms with van der Waals surface area (Å²) >= 11 is 0. The highest BCUT2D eigenvalue weighted by Crippen LogP contribution is 2.28. The number of hydrogen-bond donors (Lipinski definition) is 1. The van der Waals surface area contributed by atoms with Crippen molar-refractivity contribution in [2.75, 3.05) is 14.2 Å². The second-order valence-corrected chi connectivity index (χ2v) is 5.25. The number of hydrogen-bond acceptors (Lipinski definition) is 2. The number of aryl methyl sites for hydroxylation is 2. The quantitative estimate of drug-likeness (QED) is 0.857. The molecule has 2 rings (SSSR count). The summed E-state index contributed by atoms with van der Waals surface area (Å²) in [4.78, 5) is 0. The fraction of sp³-hybridized carbons (Fsp3) is 0.368. The smallest absolute Gasteiger partial charge is 0.123 e. The third kappa shape index (κ3) is 3.45. The van der Waals surface area contributed by atoms with E-state index in [1.807, 2.05) is 7.05 Å². The van der Waals surface area contributed by atoms with Gasteiger partial charge in [-0.05, 0) is 54.3 Å². The predicted molar refractivity (Wildman–Crippen MR) is 89.9 cm³/mol. The Morgan fingerprint density at radius 1 is 0.857 bits per heavy atom. The van der Waals surface area contributed by atoms with Crippen LogP contribution in [-0.4, -0.2) is 14.2 Å². The zero-order valence-electron chi connectivity index (χ0n) is 13.5. The van der Waals surface area contributed by atoms with Crippen LogP contribution in [0.3, 0.4) is 0 Å². The first-order chi connectivity index (χ1) is 10.2. The van der Waals surface area contributed by atoms with E-state index >= 15 is 0 Å². The van der Waals surface area contributed by atoms with Crippen LogP contribution in [-0.2, 0) is 19.4 Å². The van der Waals surface area contributed by atoms with Crippen molar-refractivity contribution in [2.24, 2.45) is 0 Å². The molecule has 1 N–H and O–H groups in total. The van der Waals surface area contributed by atoms with Crippen LogP contribution in [0, 0.1) is 0 Å². The van der Waals surface area contributed by atoms with Crippen molar-refractivity contribution >= 4 is 0 Å². The Balaban J connectivity index is 2.44. The molecular formula is C19H25NO. The summed E-state index contributed by atoms with van der Waals surface area (Å²) in [5, 5.41) is 3.20. The van der Waals surface area contributed by atoms with E-state index in [1.54, 1.807) is 7.11 Å². The Morgan fingerprint density at radius 3 is 2.05 bits per heavy atom. The minimum Gasteiger partial charge on any atom is -0.496 e. The Kier molecular flexibility index (Phi) is 5.40. The standard InChI is InChI=1S/C19H25NO/c1-5-14-7-8-16(11-15(14)6-2)17-9-10-19(21-4)18(12-17)13-20-3/h7-12,20H,5-6,13H2,1-4H3. The van der Waals surface area contributed by atoms with Crippen LogP contribution >= 0.6 is 0 Å². The third-order valence-corrected chi connectivity index (χ3v) is 3.95. The van der Waals surface area contributed by atoms with Gasteiger partial charge in [-0.25, -0.2) is 0 Å². The molecule has 0 bridgehead atoms. The highest BCUT2D eigenvalue weighted by atomic mass is 16.5. The normalized spacial score (nSPS) is 10.7. The van der Waals surface area contributed by atoms with Gasteiger partial charge in [0, 0.05) is 12.1 Å². The second-order valence-electron chi connectivity index (χ2n) is 5.25. The summed E-state index contributed by atoms with van der Waals surface area (Å²) in [5.74, 6) is 0.939. The lowest BCUT2D eigenvalue weighted by Gasteiger charge is -2.13. The van der Waals surface area contributed by atoms with Gasteiger partial charge in [-0.2, -0.15) is 0 Å². The zero-order valence-corrected chi connectivity index (χ0v) is 13.5. The van der Waals surface area contributed by atoms with E-state index < -0.39 is 0 Å². The first kappa shape index (κ1) is 15.6.